The van der Waals surface area contributed by atoms with Crippen LogP contribution in [0, 0.1) is 0 Å². The van der Waals surface area contributed by atoms with Gasteiger partial charge in [0.15, 0.2) is 0 Å². The van der Waals surface area contributed by atoms with Crippen molar-refractivity contribution in [3.8, 4) is 0 Å². The first-order valence-electron chi connectivity index (χ1n) is 9.72. The average Bonchev–Trinajstić information content (AvgIpc) is 3.01. The summed E-state index contributed by atoms with van der Waals surface area (Å²) in [5.74, 6) is 0.0630. The third kappa shape index (κ3) is 5.08. The van der Waals surface area contributed by atoms with Gasteiger partial charge >= 0.3 is 5.97 Å². The van der Waals surface area contributed by atoms with Crippen LogP contribution < -0.4 is 0 Å². The summed E-state index contributed by atoms with van der Waals surface area (Å²) in [6, 6.07) is 7.87. The van der Waals surface area contributed by atoms with Gasteiger partial charge in [0.1, 0.15) is 12.2 Å². The number of carbonyl (C=O) groups is 2. The van der Waals surface area contributed by atoms with Crippen LogP contribution >= 0.6 is 0 Å². The number of amides is 1. The van der Waals surface area contributed by atoms with Crippen LogP contribution in [-0.4, -0.2) is 77.2 Å². The molecule has 0 unspecified atom stereocenters. The van der Waals surface area contributed by atoms with Gasteiger partial charge in [0.05, 0.1) is 37.4 Å². The van der Waals surface area contributed by atoms with Gasteiger partial charge in [0.25, 0.3) is 0 Å². The second kappa shape index (κ2) is 9.66. The van der Waals surface area contributed by atoms with Gasteiger partial charge in [-0.2, -0.15) is 0 Å². The third-order valence-electron chi connectivity index (χ3n) is 4.96. The van der Waals surface area contributed by atoms with Crippen molar-refractivity contribution >= 4 is 22.9 Å². The molecule has 0 atom stereocenters. The van der Waals surface area contributed by atoms with Crippen LogP contribution in [0.1, 0.15) is 19.2 Å². The number of fused-ring (bicyclic) bond motifs is 1. The lowest BCUT2D eigenvalue weighted by molar-refractivity contribution is -0.149. The van der Waals surface area contributed by atoms with Crippen LogP contribution in [0.5, 0.6) is 0 Å². The minimum Gasteiger partial charge on any atom is -0.466 e. The Kier molecular flexibility index (Phi) is 7.00. The number of ether oxygens (including phenoxy) is 2. The normalized spacial score (nSPS) is 14.9. The molecular formula is C20H28N4O4. The number of hydrogen-bond acceptors (Lipinski definition) is 6. The zero-order chi connectivity index (χ0) is 19.9. The third-order valence-corrected chi connectivity index (χ3v) is 4.96. The molecule has 1 aliphatic heterocycles. The fourth-order valence-electron chi connectivity index (χ4n) is 3.33. The summed E-state index contributed by atoms with van der Waals surface area (Å²) < 4.78 is 12.3. The Morgan fingerprint density at radius 3 is 2.71 bits per heavy atom. The van der Waals surface area contributed by atoms with E-state index in [1.807, 2.05) is 35.9 Å². The monoisotopic (exact) mass is 388 g/mol. The number of morpholine rings is 1. The van der Waals surface area contributed by atoms with Gasteiger partial charge in [-0.3, -0.25) is 14.5 Å². The molecule has 8 nitrogen and oxygen atoms in total. The van der Waals surface area contributed by atoms with Gasteiger partial charge in [-0.1, -0.05) is 12.1 Å². The standard InChI is InChI=1S/C20H28N4O4/c1-3-28-20(26)14-19(25)24(9-8-23-10-12-27-13-11-23)15-18-21-16-6-4-5-7-17(16)22(18)2/h4-7H,3,8-15H2,1-2H3. The Morgan fingerprint density at radius 2 is 2.00 bits per heavy atom. The van der Waals surface area contributed by atoms with Crippen LogP contribution in [0.2, 0.25) is 0 Å². The predicted molar refractivity (Wildman–Crippen MR) is 105 cm³/mol. The first-order valence-corrected chi connectivity index (χ1v) is 9.72. The van der Waals surface area contributed by atoms with Gasteiger partial charge in [-0.15, -0.1) is 0 Å². The van der Waals surface area contributed by atoms with Crippen LogP contribution in [0.25, 0.3) is 11.0 Å². The maximum Gasteiger partial charge on any atom is 0.315 e. The molecule has 0 aliphatic carbocycles. The van der Waals surface area contributed by atoms with Crippen LogP contribution in [0.4, 0.5) is 0 Å². The van der Waals surface area contributed by atoms with Gasteiger partial charge in [0, 0.05) is 33.2 Å². The lowest BCUT2D eigenvalue weighted by Gasteiger charge is -2.30. The topological polar surface area (TPSA) is 76.9 Å². The van der Waals surface area contributed by atoms with E-state index in [-0.39, 0.29) is 18.9 Å². The van der Waals surface area contributed by atoms with E-state index in [1.54, 1.807) is 11.8 Å². The quantitative estimate of drug-likeness (QED) is 0.499. The summed E-state index contributed by atoms with van der Waals surface area (Å²) in [5, 5.41) is 0. The molecule has 1 fully saturated rings. The van der Waals surface area contributed by atoms with E-state index in [0.717, 1.165) is 36.5 Å². The number of esters is 1. The number of benzene rings is 1. The van der Waals surface area contributed by atoms with Gasteiger partial charge < -0.3 is 18.9 Å². The minimum atomic E-state index is -0.492. The highest BCUT2D eigenvalue weighted by atomic mass is 16.5. The van der Waals surface area contributed by atoms with Crippen LogP contribution in [0.15, 0.2) is 24.3 Å². The first kappa shape index (κ1) is 20.3. The molecule has 1 aromatic heterocycles. The van der Waals surface area contributed by atoms with E-state index in [0.29, 0.717) is 26.3 Å². The Labute approximate surface area is 165 Å². The first-order chi connectivity index (χ1) is 13.6. The smallest absolute Gasteiger partial charge is 0.315 e. The van der Waals surface area contributed by atoms with Gasteiger partial charge in [-0.25, -0.2) is 4.98 Å². The molecule has 3 rings (SSSR count). The number of para-hydroxylation sites is 2. The Balaban J connectivity index is 1.72. The molecule has 0 saturated carbocycles. The molecule has 0 N–H and O–H groups in total. The van der Waals surface area contributed by atoms with Crippen molar-refractivity contribution < 1.29 is 19.1 Å². The average molecular weight is 388 g/mol. The van der Waals surface area contributed by atoms with E-state index in [9.17, 15) is 9.59 Å². The predicted octanol–water partition coefficient (Wildman–Crippen LogP) is 1.19. The second-order valence-electron chi connectivity index (χ2n) is 6.83. The van der Waals surface area contributed by atoms with E-state index < -0.39 is 5.97 Å². The molecular weight excluding hydrogens is 360 g/mol. The molecule has 1 amide bonds. The fraction of sp³-hybridized carbons (Fsp3) is 0.550. The molecule has 1 aromatic carbocycles. The van der Waals surface area contributed by atoms with Crippen molar-refractivity contribution in [2.75, 3.05) is 46.0 Å². The van der Waals surface area contributed by atoms with E-state index in [4.69, 9.17) is 9.47 Å². The highest BCUT2D eigenvalue weighted by Crippen LogP contribution is 2.16. The van der Waals surface area contributed by atoms with E-state index in [1.165, 1.54) is 0 Å². The number of nitrogens with zero attached hydrogens (tertiary/aromatic N) is 4. The van der Waals surface area contributed by atoms with Crippen molar-refractivity contribution in [1.29, 1.82) is 0 Å². The number of aryl methyl sites for hydroxylation is 1. The van der Waals surface area contributed by atoms with Crippen molar-refractivity contribution in [1.82, 2.24) is 19.4 Å². The maximum atomic E-state index is 12.8. The fourth-order valence-corrected chi connectivity index (χ4v) is 3.33. The number of carbonyl (C=O) groups excluding carboxylic acids is 2. The molecule has 8 heteroatoms. The number of rotatable bonds is 8. The zero-order valence-electron chi connectivity index (χ0n) is 16.6. The zero-order valence-corrected chi connectivity index (χ0v) is 16.6. The van der Waals surface area contributed by atoms with Crippen molar-refractivity contribution in [3.05, 3.63) is 30.1 Å². The minimum absolute atomic E-state index is 0.237. The summed E-state index contributed by atoms with van der Waals surface area (Å²) >= 11 is 0. The summed E-state index contributed by atoms with van der Waals surface area (Å²) in [4.78, 5) is 33.2. The Bertz CT molecular complexity index is 814. The molecule has 2 heterocycles. The largest absolute Gasteiger partial charge is 0.466 e. The molecule has 2 aromatic rings. The number of aromatic nitrogens is 2. The highest BCUT2D eigenvalue weighted by Gasteiger charge is 2.22. The van der Waals surface area contributed by atoms with Crippen molar-refractivity contribution in [3.63, 3.8) is 0 Å². The molecule has 1 aliphatic rings. The highest BCUT2D eigenvalue weighted by molar-refractivity contribution is 5.94. The SMILES string of the molecule is CCOC(=O)CC(=O)N(CCN1CCOCC1)Cc1nc2ccccc2n1C. The van der Waals surface area contributed by atoms with Crippen LogP contribution in [0.3, 0.4) is 0 Å². The van der Waals surface area contributed by atoms with E-state index in [2.05, 4.69) is 9.88 Å². The van der Waals surface area contributed by atoms with Crippen LogP contribution in [-0.2, 0) is 32.7 Å². The summed E-state index contributed by atoms with van der Waals surface area (Å²) in [6.07, 6.45) is -0.249. The number of hydrogen-bond donors (Lipinski definition) is 0. The molecule has 0 radical (unpaired) electrons. The Hall–Kier alpha value is -2.45. The summed E-state index contributed by atoms with van der Waals surface area (Å²) in [6.45, 7) is 6.75. The lowest BCUT2D eigenvalue weighted by Crippen LogP contribution is -2.43. The van der Waals surface area contributed by atoms with Crippen molar-refractivity contribution in [2.45, 2.75) is 19.9 Å². The molecule has 152 valence electrons. The lowest BCUT2D eigenvalue weighted by atomic mass is 10.3. The molecule has 1 saturated heterocycles. The molecule has 0 bridgehead atoms. The molecule has 28 heavy (non-hydrogen) atoms. The van der Waals surface area contributed by atoms with Gasteiger partial charge in [-0.05, 0) is 19.1 Å². The number of imidazole rings is 1. The summed E-state index contributed by atoms with van der Waals surface area (Å²) in [5.41, 5.74) is 1.91. The van der Waals surface area contributed by atoms with E-state index >= 15 is 0 Å². The van der Waals surface area contributed by atoms with Crippen molar-refractivity contribution in [2.24, 2.45) is 7.05 Å². The molecule has 0 spiro atoms. The second-order valence-corrected chi connectivity index (χ2v) is 6.83. The Morgan fingerprint density at radius 1 is 1.25 bits per heavy atom. The van der Waals surface area contributed by atoms with Gasteiger partial charge in [0.2, 0.25) is 5.91 Å². The maximum absolute atomic E-state index is 12.8. The summed E-state index contributed by atoms with van der Waals surface area (Å²) in [7, 11) is 1.95.